The summed E-state index contributed by atoms with van der Waals surface area (Å²) in [6.07, 6.45) is 1.82. The molecule has 2 heterocycles. The molecule has 9 heteroatoms. The molecule has 34 heavy (non-hydrogen) atoms. The van der Waals surface area contributed by atoms with Gasteiger partial charge in [-0.15, -0.1) is 11.3 Å². The number of benzene rings is 2. The predicted octanol–water partition coefficient (Wildman–Crippen LogP) is 4.52. The van der Waals surface area contributed by atoms with Gasteiger partial charge in [0.05, 0.1) is 30.0 Å². The van der Waals surface area contributed by atoms with Crippen molar-refractivity contribution in [2.24, 2.45) is 10.9 Å². The number of ether oxygens (including phenoxy) is 2. The van der Waals surface area contributed by atoms with Crippen molar-refractivity contribution < 1.29 is 17.9 Å². The molecule has 0 unspecified atom stereocenters. The van der Waals surface area contributed by atoms with Gasteiger partial charge in [0.1, 0.15) is 5.75 Å². The maximum absolute atomic E-state index is 13.1. The van der Waals surface area contributed by atoms with E-state index in [1.807, 2.05) is 41.8 Å². The minimum Gasteiger partial charge on any atom is -0.497 e. The van der Waals surface area contributed by atoms with E-state index in [1.165, 1.54) is 0 Å². The summed E-state index contributed by atoms with van der Waals surface area (Å²) in [7, 11) is -0.156. The molecular weight excluding hydrogens is 470 g/mol. The van der Waals surface area contributed by atoms with E-state index in [0.29, 0.717) is 37.1 Å². The first-order chi connectivity index (χ1) is 16.4. The highest BCUT2D eigenvalue weighted by Crippen LogP contribution is 2.27. The quantitative estimate of drug-likeness (QED) is 0.455. The van der Waals surface area contributed by atoms with E-state index in [2.05, 4.69) is 11.5 Å². The number of hydrogen-bond donors (Lipinski definition) is 0. The average molecular weight is 502 g/mol. The van der Waals surface area contributed by atoms with E-state index in [1.54, 1.807) is 42.0 Å². The molecule has 0 amide bonds. The Bertz CT molecular complexity index is 1250. The van der Waals surface area contributed by atoms with Gasteiger partial charge >= 0.3 is 0 Å². The van der Waals surface area contributed by atoms with Crippen LogP contribution < -0.4 is 9.54 Å². The van der Waals surface area contributed by atoms with Gasteiger partial charge in [0, 0.05) is 32.1 Å². The fourth-order valence-corrected chi connectivity index (χ4v) is 6.41. The fourth-order valence-electron chi connectivity index (χ4n) is 3.99. The Morgan fingerprint density at radius 2 is 1.71 bits per heavy atom. The van der Waals surface area contributed by atoms with Gasteiger partial charge < -0.3 is 14.0 Å². The fraction of sp³-hybridized carbons (Fsp3) is 0.400. The SMILES string of the molecule is COCCn1c(-c2ccc(S(=O)(=O)N3CCC(C)CC3)cc2)csc1=Nc1ccc(OC)cc1. The maximum atomic E-state index is 13.1. The Balaban J connectivity index is 1.64. The summed E-state index contributed by atoms with van der Waals surface area (Å²) in [5.74, 6) is 1.36. The summed E-state index contributed by atoms with van der Waals surface area (Å²) < 4.78 is 40.4. The highest BCUT2D eigenvalue weighted by atomic mass is 32.2. The molecule has 0 spiro atoms. The van der Waals surface area contributed by atoms with Crippen molar-refractivity contribution in [3.8, 4) is 17.0 Å². The van der Waals surface area contributed by atoms with Gasteiger partial charge in [-0.25, -0.2) is 13.4 Å². The van der Waals surface area contributed by atoms with Gasteiger partial charge in [0.2, 0.25) is 10.0 Å². The Morgan fingerprint density at radius 1 is 1.03 bits per heavy atom. The molecule has 4 rings (SSSR count). The van der Waals surface area contributed by atoms with Crippen molar-refractivity contribution in [2.45, 2.75) is 31.2 Å². The van der Waals surface area contributed by atoms with E-state index in [4.69, 9.17) is 14.5 Å². The smallest absolute Gasteiger partial charge is 0.243 e. The highest BCUT2D eigenvalue weighted by Gasteiger charge is 2.28. The maximum Gasteiger partial charge on any atom is 0.243 e. The second-order valence-corrected chi connectivity index (χ2v) is 11.2. The van der Waals surface area contributed by atoms with Gasteiger partial charge in [0.15, 0.2) is 4.80 Å². The van der Waals surface area contributed by atoms with E-state index in [9.17, 15) is 8.42 Å². The topological polar surface area (TPSA) is 73.1 Å². The zero-order valence-electron chi connectivity index (χ0n) is 19.8. The van der Waals surface area contributed by atoms with Gasteiger partial charge in [-0.05, 0) is 60.7 Å². The van der Waals surface area contributed by atoms with Crippen LogP contribution in [0.25, 0.3) is 11.3 Å². The summed E-state index contributed by atoms with van der Waals surface area (Å²) in [4.78, 5) is 5.99. The number of piperidine rings is 1. The molecule has 2 aromatic carbocycles. The molecule has 1 saturated heterocycles. The monoisotopic (exact) mass is 501 g/mol. The van der Waals surface area contributed by atoms with E-state index in [0.717, 1.165) is 40.3 Å². The van der Waals surface area contributed by atoms with Gasteiger partial charge in [-0.2, -0.15) is 4.31 Å². The third-order valence-corrected chi connectivity index (χ3v) is 8.92. The van der Waals surface area contributed by atoms with Crippen LogP contribution in [0, 0.1) is 5.92 Å². The molecule has 0 bridgehead atoms. The van der Waals surface area contributed by atoms with Crippen molar-refractivity contribution >= 4 is 27.0 Å². The lowest BCUT2D eigenvalue weighted by molar-refractivity contribution is 0.187. The first kappa shape index (κ1) is 24.7. The Hall–Kier alpha value is -2.46. The normalized spacial score (nSPS) is 16.1. The number of thiazole rings is 1. The minimum absolute atomic E-state index is 0.340. The molecule has 1 aliphatic rings. The number of sulfonamides is 1. The van der Waals surface area contributed by atoms with Crippen LogP contribution in [0.5, 0.6) is 5.75 Å². The molecule has 1 fully saturated rings. The van der Waals surface area contributed by atoms with Crippen LogP contribution in [0.15, 0.2) is 63.8 Å². The number of methoxy groups -OCH3 is 2. The summed E-state index contributed by atoms with van der Waals surface area (Å²) in [5.41, 5.74) is 2.75. The largest absolute Gasteiger partial charge is 0.497 e. The summed E-state index contributed by atoms with van der Waals surface area (Å²) in [6.45, 7) is 4.52. The van der Waals surface area contributed by atoms with Crippen LogP contribution in [-0.2, 0) is 21.3 Å². The lowest BCUT2D eigenvalue weighted by Crippen LogP contribution is -2.37. The van der Waals surface area contributed by atoms with Crippen LogP contribution in [0.4, 0.5) is 5.69 Å². The van der Waals surface area contributed by atoms with Crippen LogP contribution >= 0.6 is 11.3 Å². The molecule has 0 N–H and O–H groups in total. The molecule has 0 saturated carbocycles. The van der Waals surface area contributed by atoms with Crippen LogP contribution in [0.1, 0.15) is 19.8 Å². The molecule has 1 aliphatic heterocycles. The van der Waals surface area contributed by atoms with Gasteiger partial charge in [-0.1, -0.05) is 19.1 Å². The van der Waals surface area contributed by atoms with E-state index in [-0.39, 0.29) is 0 Å². The number of aromatic nitrogens is 1. The number of nitrogens with zero attached hydrogens (tertiary/aromatic N) is 3. The average Bonchev–Trinajstić information content (AvgIpc) is 3.25. The van der Waals surface area contributed by atoms with Crippen molar-refractivity contribution in [3.63, 3.8) is 0 Å². The summed E-state index contributed by atoms with van der Waals surface area (Å²) >= 11 is 1.54. The molecule has 0 atom stereocenters. The predicted molar refractivity (Wildman–Crippen MR) is 135 cm³/mol. The second-order valence-electron chi connectivity index (χ2n) is 8.47. The molecule has 7 nitrogen and oxygen atoms in total. The molecule has 1 aromatic heterocycles. The third kappa shape index (κ3) is 5.43. The minimum atomic E-state index is -3.47. The molecule has 0 radical (unpaired) electrons. The number of hydrogen-bond acceptors (Lipinski definition) is 6. The van der Waals surface area contributed by atoms with E-state index < -0.39 is 10.0 Å². The molecule has 3 aromatic rings. The first-order valence-corrected chi connectivity index (χ1v) is 13.7. The van der Waals surface area contributed by atoms with E-state index >= 15 is 0 Å². The third-order valence-electron chi connectivity index (χ3n) is 6.14. The van der Waals surface area contributed by atoms with Crippen molar-refractivity contribution in [1.29, 1.82) is 0 Å². The van der Waals surface area contributed by atoms with Crippen molar-refractivity contribution in [3.05, 3.63) is 58.7 Å². The zero-order chi connectivity index (χ0) is 24.1. The standard InChI is InChI=1S/C25H31N3O4S2/c1-19-12-14-27(15-13-19)34(29,30)23-10-4-20(5-11-23)24-18-33-25(28(24)16-17-31-2)26-21-6-8-22(32-3)9-7-21/h4-11,18-19H,12-17H2,1-3H3. The van der Waals surface area contributed by atoms with Crippen molar-refractivity contribution in [2.75, 3.05) is 33.9 Å². The van der Waals surface area contributed by atoms with Crippen LogP contribution in [0.3, 0.4) is 0 Å². The lowest BCUT2D eigenvalue weighted by Gasteiger charge is -2.29. The molecular formula is C25H31N3O4S2. The molecule has 182 valence electrons. The highest BCUT2D eigenvalue weighted by molar-refractivity contribution is 7.89. The van der Waals surface area contributed by atoms with Gasteiger partial charge in [0.25, 0.3) is 0 Å². The summed E-state index contributed by atoms with van der Waals surface area (Å²) in [5, 5.41) is 2.05. The number of rotatable bonds is 8. The second kappa shape index (κ2) is 10.9. The zero-order valence-corrected chi connectivity index (χ0v) is 21.4. The Morgan fingerprint density at radius 3 is 2.32 bits per heavy atom. The molecule has 0 aliphatic carbocycles. The van der Waals surface area contributed by atoms with Gasteiger partial charge in [-0.3, -0.25) is 0 Å². The Labute approximate surface area is 205 Å². The lowest BCUT2D eigenvalue weighted by atomic mass is 10.0. The van der Waals surface area contributed by atoms with Crippen LogP contribution in [0.2, 0.25) is 0 Å². The summed E-state index contributed by atoms with van der Waals surface area (Å²) in [6, 6.07) is 14.8. The first-order valence-electron chi connectivity index (χ1n) is 11.4. The Kier molecular flexibility index (Phi) is 7.88. The van der Waals surface area contributed by atoms with Crippen LogP contribution in [-0.4, -0.2) is 51.2 Å². The van der Waals surface area contributed by atoms with Crippen molar-refractivity contribution in [1.82, 2.24) is 8.87 Å².